The third kappa shape index (κ3) is 6.62. The van der Waals surface area contributed by atoms with E-state index < -0.39 is 23.9 Å². The average molecular weight is 770 g/mol. The second-order valence-electron chi connectivity index (χ2n) is 15.0. The van der Waals surface area contributed by atoms with Crippen LogP contribution in [0.15, 0.2) is 83.9 Å². The maximum Gasteiger partial charge on any atom is 0.265 e. The van der Waals surface area contributed by atoms with E-state index in [0.29, 0.717) is 48.4 Å². The van der Waals surface area contributed by atoms with Crippen LogP contribution in [0.3, 0.4) is 0 Å². The van der Waals surface area contributed by atoms with Crippen molar-refractivity contribution in [2.45, 2.75) is 56.8 Å². The molecule has 1 aromatic heterocycles. The number of nitriles is 1. The van der Waals surface area contributed by atoms with Crippen LogP contribution in [0.2, 0.25) is 0 Å². The van der Waals surface area contributed by atoms with Crippen molar-refractivity contribution >= 4 is 40.0 Å². The number of fused-ring (bicyclic) bond motifs is 2. The fourth-order valence-corrected chi connectivity index (χ4v) is 8.54. The molecular weight excluding hydrogens is 733 g/mol. The molecule has 4 aromatic carbocycles. The highest BCUT2D eigenvalue weighted by molar-refractivity contribution is 6.05. The first kappa shape index (κ1) is 36.0. The topological polar surface area (TPSA) is 141 Å². The van der Waals surface area contributed by atoms with E-state index in [1.54, 1.807) is 21.9 Å². The average Bonchev–Trinajstić information content (AvgIpc) is 3.81. The number of aromatic nitrogens is 2. The highest BCUT2D eigenvalue weighted by Crippen LogP contribution is 2.38. The number of nitrogens with zero attached hydrogens (tertiary/aromatic N) is 6. The Morgan fingerprint density at radius 1 is 0.860 bits per heavy atom. The molecule has 5 aromatic rings. The van der Waals surface area contributed by atoms with Gasteiger partial charge in [0.25, 0.3) is 11.5 Å². The summed E-state index contributed by atoms with van der Waals surface area (Å²) in [7, 11) is 0. The molecule has 5 heterocycles. The van der Waals surface area contributed by atoms with Crippen molar-refractivity contribution in [1.82, 2.24) is 19.8 Å². The molecule has 0 radical (unpaired) electrons. The quantitative estimate of drug-likeness (QED) is 0.201. The highest BCUT2D eigenvalue weighted by Gasteiger charge is 2.39. The van der Waals surface area contributed by atoms with Gasteiger partial charge in [0.2, 0.25) is 11.8 Å². The molecule has 4 aliphatic heterocycles. The molecule has 2 atom stereocenters. The fourth-order valence-electron chi connectivity index (χ4n) is 8.54. The standard InChI is InChI=1S/C43H37F2N7O5/c44-28-15-18-50(23-28)37-10-8-35(45)40(34(37)21-46)57-31-7-9-36-33(20-31)43(56)52(24-47-36)30-5-3-29(4-6-30)49-16-13-25(14-17-49)26-1-2-27-22-51(42(55)32(27)19-26)38-11-12-39(53)48-41(38)54/h1-10,19-20,24-25,28,38H,11-18,22-23H2,(H,48,53,54)/t28-,38?/m1/s1. The molecule has 3 amide bonds. The molecule has 14 heteroatoms. The first-order valence-corrected chi connectivity index (χ1v) is 19.1. The Labute approximate surface area is 325 Å². The van der Waals surface area contributed by atoms with Gasteiger partial charge in [-0.1, -0.05) is 12.1 Å². The lowest BCUT2D eigenvalue weighted by atomic mass is 9.87. The number of rotatable bonds is 7. The number of hydrogen-bond donors (Lipinski definition) is 1. The molecule has 0 saturated carbocycles. The Kier molecular flexibility index (Phi) is 9.15. The van der Waals surface area contributed by atoms with E-state index in [0.717, 1.165) is 42.7 Å². The number of carbonyl (C=O) groups is 3. The van der Waals surface area contributed by atoms with Gasteiger partial charge in [-0.15, -0.1) is 0 Å². The lowest BCUT2D eigenvalue weighted by molar-refractivity contribution is -0.136. The molecule has 3 fully saturated rings. The summed E-state index contributed by atoms with van der Waals surface area (Å²) in [4.78, 5) is 61.3. The molecule has 0 spiro atoms. The minimum atomic E-state index is -1.03. The number of amides is 3. The predicted octanol–water partition coefficient (Wildman–Crippen LogP) is 5.88. The lowest BCUT2D eigenvalue weighted by Gasteiger charge is -2.34. The van der Waals surface area contributed by atoms with Gasteiger partial charge in [-0.2, -0.15) is 5.26 Å². The van der Waals surface area contributed by atoms with Crippen molar-refractivity contribution in [3.05, 3.63) is 118 Å². The van der Waals surface area contributed by atoms with Gasteiger partial charge in [-0.05, 0) is 103 Å². The van der Waals surface area contributed by atoms with Crippen molar-refractivity contribution < 1.29 is 27.9 Å². The lowest BCUT2D eigenvalue weighted by Crippen LogP contribution is -2.52. The van der Waals surface area contributed by atoms with E-state index in [2.05, 4.69) is 21.3 Å². The summed E-state index contributed by atoms with van der Waals surface area (Å²) >= 11 is 0. The Hall–Kier alpha value is -6.62. The van der Waals surface area contributed by atoms with Gasteiger partial charge in [0, 0.05) is 50.4 Å². The molecular formula is C43H37F2N7O5. The van der Waals surface area contributed by atoms with Crippen LogP contribution in [0.5, 0.6) is 11.5 Å². The molecule has 4 aliphatic rings. The maximum atomic E-state index is 15.1. The maximum absolute atomic E-state index is 15.1. The van der Waals surface area contributed by atoms with E-state index in [4.69, 9.17) is 4.74 Å². The van der Waals surface area contributed by atoms with Gasteiger partial charge in [0.15, 0.2) is 11.6 Å². The number of piperidine rings is 2. The van der Waals surface area contributed by atoms with E-state index in [1.807, 2.05) is 42.5 Å². The predicted molar refractivity (Wildman–Crippen MR) is 207 cm³/mol. The van der Waals surface area contributed by atoms with E-state index >= 15 is 4.39 Å². The summed E-state index contributed by atoms with van der Waals surface area (Å²) in [6.07, 6.45) is 3.06. The summed E-state index contributed by atoms with van der Waals surface area (Å²) in [5.41, 5.74) is 4.64. The normalized spacial score (nSPS) is 19.9. The molecule has 57 heavy (non-hydrogen) atoms. The van der Waals surface area contributed by atoms with Crippen LogP contribution < -0.4 is 25.4 Å². The van der Waals surface area contributed by atoms with Gasteiger partial charge in [-0.25, -0.2) is 13.8 Å². The zero-order chi connectivity index (χ0) is 39.4. The summed E-state index contributed by atoms with van der Waals surface area (Å²) in [5.74, 6) is -1.52. The molecule has 9 rings (SSSR count). The molecule has 1 N–H and O–H groups in total. The number of halogens is 2. The van der Waals surface area contributed by atoms with E-state index in [9.17, 15) is 28.8 Å². The van der Waals surface area contributed by atoms with Gasteiger partial charge in [0.1, 0.15) is 35.9 Å². The van der Waals surface area contributed by atoms with E-state index in [-0.39, 0.29) is 58.7 Å². The molecule has 0 aliphatic carbocycles. The van der Waals surface area contributed by atoms with Crippen LogP contribution in [-0.4, -0.2) is 70.6 Å². The van der Waals surface area contributed by atoms with Gasteiger partial charge in [0.05, 0.1) is 22.3 Å². The summed E-state index contributed by atoms with van der Waals surface area (Å²) in [6, 6.07) is 22.3. The zero-order valence-corrected chi connectivity index (χ0v) is 30.8. The van der Waals surface area contributed by atoms with Crippen molar-refractivity contribution in [2.24, 2.45) is 0 Å². The first-order valence-electron chi connectivity index (χ1n) is 19.1. The van der Waals surface area contributed by atoms with Crippen LogP contribution in [0, 0.1) is 17.1 Å². The largest absolute Gasteiger partial charge is 0.453 e. The van der Waals surface area contributed by atoms with Gasteiger partial charge < -0.3 is 19.4 Å². The second-order valence-corrected chi connectivity index (χ2v) is 15.0. The number of alkyl halides is 1. The fraction of sp³-hybridized carbons (Fsp3) is 0.302. The van der Waals surface area contributed by atoms with Gasteiger partial charge in [-0.3, -0.25) is 29.1 Å². The monoisotopic (exact) mass is 769 g/mol. The molecule has 1 unspecified atom stereocenters. The Bertz CT molecular complexity index is 2560. The van der Waals surface area contributed by atoms with Crippen LogP contribution in [0.25, 0.3) is 16.6 Å². The Morgan fingerprint density at radius 3 is 2.37 bits per heavy atom. The number of anilines is 2. The number of nitrogens with one attached hydrogen (secondary N) is 1. The third-order valence-corrected chi connectivity index (χ3v) is 11.6. The number of hydrogen-bond acceptors (Lipinski definition) is 9. The second kappa shape index (κ2) is 14.5. The van der Waals surface area contributed by atoms with Gasteiger partial charge >= 0.3 is 0 Å². The number of benzene rings is 4. The smallest absolute Gasteiger partial charge is 0.265 e. The molecule has 12 nitrogen and oxygen atoms in total. The van der Waals surface area contributed by atoms with Crippen LogP contribution in [0.1, 0.15) is 65.1 Å². The summed E-state index contributed by atoms with van der Waals surface area (Å²) < 4.78 is 36.4. The minimum absolute atomic E-state index is 0.0445. The molecule has 0 bridgehead atoms. The van der Waals surface area contributed by atoms with Crippen molar-refractivity contribution in [3.8, 4) is 23.3 Å². The molecule has 288 valence electrons. The van der Waals surface area contributed by atoms with Crippen LogP contribution in [0.4, 0.5) is 20.2 Å². The summed E-state index contributed by atoms with van der Waals surface area (Å²) in [5, 5.41) is 12.5. The summed E-state index contributed by atoms with van der Waals surface area (Å²) in [6.45, 7) is 2.46. The van der Waals surface area contributed by atoms with Crippen molar-refractivity contribution in [1.29, 1.82) is 5.26 Å². The zero-order valence-electron chi connectivity index (χ0n) is 30.8. The SMILES string of the molecule is N#Cc1c(N2CC[C@@H](F)C2)ccc(F)c1Oc1ccc2ncn(-c3ccc(N4CCC(c5ccc6c(c5)C(=O)N(C5CCC(=O)NC5=O)C6)CC4)cc3)c(=O)c2c1. The third-order valence-electron chi connectivity index (χ3n) is 11.6. The highest BCUT2D eigenvalue weighted by atomic mass is 19.1. The van der Waals surface area contributed by atoms with Crippen LogP contribution in [-0.2, 0) is 16.1 Å². The number of carbonyl (C=O) groups excluding carboxylic acids is 3. The van der Waals surface area contributed by atoms with Crippen molar-refractivity contribution in [3.63, 3.8) is 0 Å². The van der Waals surface area contributed by atoms with E-state index in [1.165, 1.54) is 29.1 Å². The Morgan fingerprint density at radius 2 is 1.63 bits per heavy atom. The van der Waals surface area contributed by atoms with Crippen LogP contribution >= 0.6 is 0 Å². The number of ether oxygens (including phenoxy) is 1. The Balaban J connectivity index is 0.877. The molecule has 3 saturated heterocycles. The number of imide groups is 1. The van der Waals surface area contributed by atoms with Crippen molar-refractivity contribution in [2.75, 3.05) is 36.0 Å². The minimum Gasteiger partial charge on any atom is -0.453 e. The first-order chi connectivity index (χ1) is 27.6.